The van der Waals surface area contributed by atoms with Gasteiger partial charge < -0.3 is 4.74 Å². The summed E-state index contributed by atoms with van der Waals surface area (Å²) < 4.78 is 18.7. The summed E-state index contributed by atoms with van der Waals surface area (Å²) in [5, 5.41) is 8.62. The van der Waals surface area contributed by atoms with Gasteiger partial charge in [-0.2, -0.15) is 5.26 Å². The Balaban J connectivity index is 1.92. The maximum atomic E-state index is 13.5. The number of hydrogen-bond donors (Lipinski definition) is 0. The maximum Gasteiger partial charge on any atom is 0.174 e. The number of nitrogens with zero attached hydrogens (tertiary/aromatic N) is 1. The Labute approximate surface area is 116 Å². The molecule has 0 aliphatic rings. The number of halogens is 1. The fourth-order valence-corrected chi connectivity index (χ4v) is 1.72. The zero-order valence-electron chi connectivity index (χ0n) is 10.7. The van der Waals surface area contributed by atoms with E-state index < -0.39 is 5.82 Å². The normalized spacial score (nSPS) is 9.80. The van der Waals surface area contributed by atoms with Gasteiger partial charge in [-0.25, -0.2) is 4.39 Å². The van der Waals surface area contributed by atoms with Crippen molar-refractivity contribution in [1.82, 2.24) is 0 Å². The lowest BCUT2D eigenvalue weighted by Gasteiger charge is -2.06. The predicted octanol–water partition coefficient (Wildman–Crippen LogP) is 2.89. The van der Waals surface area contributed by atoms with E-state index in [-0.39, 0.29) is 30.1 Å². The van der Waals surface area contributed by atoms with Crippen molar-refractivity contribution in [3.05, 3.63) is 65.5 Å². The monoisotopic (exact) mass is 269 g/mol. The summed E-state index contributed by atoms with van der Waals surface area (Å²) in [5.41, 5.74) is 1.10. The molecule has 0 aromatic heterocycles. The SMILES string of the molecule is N#Cc1ccc(OCC(=O)Cc2ccccc2)c(F)c1. The molecule has 0 unspecified atom stereocenters. The molecule has 0 aliphatic heterocycles. The van der Waals surface area contributed by atoms with Gasteiger partial charge in [-0.05, 0) is 23.8 Å². The van der Waals surface area contributed by atoms with Gasteiger partial charge >= 0.3 is 0 Å². The summed E-state index contributed by atoms with van der Waals surface area (Å²) in [6.07, 6.45) is 0.249. The summed E-state index contributed by atoms with van der Waals surface area (Å²) >= 11 is 0. The lowest BCUT2D eigenvalue weighted by Crippen LogP contribution is -2.14. The molecule has 0 radical (unpaired) electrons. The Bertz CT molecular complexity index is 647. The molecule has 3 nitrogen and oxygen atoms in total. The predicted molar refractivity (Wildman–Crippen MR) is 71.8 cm³/mol. The van der Waals surface area contributed by atoms with Crippen LogP contribution in [0.4, 0.5) is 4.39 Å². The number of hydrogen-bond acceptors (Lipinski definition) is 3. The summed E-state index contributed by atoms with van der Waals surface area (Å²) in [6, 6.07) is 15.0. The third kappa shape index (κ3) is 3.66. The van der Waals surface area contributed by atoms with E-state index in [1.807, 2.05) is 36.4 Å². The van der Waals surface area contributed by atoms with Gasteiger partial charge in [0, 0.05) is 6.42 Å². The average molecular weight is 269 g/mol. The highest BCUT2D eigenvalue weighted by molar-refractivity contribution is 5.82. The van der Waals surface area contributed by atoms with Gasteiger partial charge in [-0.3, -0.25) is 4.79 Å². The van der Waals surface area contributed by atoms with Crippen LogP contribution in [-0.2, 0) is 11.2 Å². The number of carbonyl (C=O) groups excluding carboxylic acids is 1. The highest BCUT2D eigenvalue weighted by Crippen LogP contribution is 2.18. The molecule has 0 N–H and O–H groups in total. The molecular formula is C16H12FNO2. The lowest BCUT2D eigenvalue weighted by atomic mass is 10.1. The molecule has 4 heteroatoms. The number of nitriles is 1. The van der Waals surface area contributed by atoms with E-state index >= 15 is 0 Å². The van der Waals surface area contributed by atoms with Crippen LogP contribution in [0, 0.1) is 17.1 Å². The van der Waals surface area contributed by atoms with Gasteiger partial charge in [0.05, 0.1) is 11.6 Å². The summed E-state index contributed by atoms with van der Waals surface area (Å²) in [7, 11) is 0. The molecule has 2 aromatic rings. The molecular weight excluding hydrogens is 257 g/mol. The third-order valence-electron chi connectivity index (χ3n) is 2.69. The first kappa shape index (κ1) is 13.8. The molecule has 0 bridgehead atoms. The van der Waals surface area contributed by atoms with E-state index in [0.717, 1.165) is 11.6 Å². The Hall–Kier alpha value is -2.67. The minimum atomic E-state index is -0.642. The van der Waals surface area contributed by atoms with Crippen LogP contribution in [0.25, 0.3) is 0 Å². The minimum absolute atomic E-state index is 0.0228. The maximum absolute atomic E-state index is 13.5. The van der Waals surface area contributed by atoms with Crippen molar-refractivity contribution in [2.45, 2.75) is 6.42 Å². The molecule has 20 heavy (non-hydrogen) atoms. The van der Waals surface area contributed by atoms with E-state index in [1.54, 1.807) is 0 Å². The first-order chi connectivity index (χ1) is 9.69. The Morgan fingerprint density at radius 2 is 1.95 bits per heavy atom. The van der Waals surface area contributed by atoms with Gasteiger partial charge in [0.2, 0.25) is 0 Å². The first-order valence-corrected chi connectivity index (χ1v) is 6.07. The van der Waals surface area contributed by atoms with Gasteiger partial charge in [0.15, 0.2) is 17.3 Å². The van der Waals surface area contributed by atoms with Crippen molar-refractivity contribution in [3.63, 3.8) is 0 Å². The van der Waals surface area contributed by atoms with Crippen molar-refractivity contribution < 1.29 is 13.9 Å². The molecule has 2 rings (SSSR count). The smallest absolute Gasteiger partial charge is 0.174 e. The minimum Gasteiger partial charge on any atom is -0.483 e. The molecule has 0 heterocycles. The molecule has 2 aromatic carbocycles. The quantitative estimate of drug-likeness (QED) is 0.838. The molecule has 0 spiro atoms. The summed E-state index contributed by atoms with van der Waals surface area (Å²) in [5.74, 6) is -0.804. The van der Waals surface area contributed by atoms with Crippen LogP contribution in [-0.4, -0.2) is 12.4 Å². The zero-order valence-corrected chi connectivity index (χ0v) is 10.7. The zero-order chi connectivity index (χ0) is 14.4. The third-order valence-corrected chi connectivity index (χ3v) is 2.69. The topological polar surface area (TPSA) is 50.1 Å². The van der Waals surface area contributed by atoms with E-state index in [1.165, 1.54) is 12.1 Å². The van der Waals surface area contributed by atoms with Crippen LogP contribution >= 0.6 is 0 Å². The second-order valence-corrected chi connectivity index (χ2v) is 4.25. The average Bonchev–Trinajstić information content (AvgIpc) is 2.47. The van der Waals surface area contributed by atoms with Crippen LogP contribution in [0.2, 0.25) is 0 Å². The summed E-state index contributed by atoms with van der Waals surface area (Å²) in [4.78, 5) is 11.7. The van der Waals surface area contributed by atoms with Crippen LogP contribution < -0.4 is 4.74 Å². The van der Waals surface area contributed by atoms with Crippen molar-refractivity contribution in [2.75, 3.05) is 6.61 Å². The van der Waals surface area contributed by atoms with E-state index in [2.05, 4.69) is 0 Å². The van der Waals surface area contributed by atoms with E-state index in [9.17, 15) is 9.18 Å². The van der Waals surface area contributed by atoms with Crippen molar-refractivity contribution in [1.29, 1.82) is 5.26 Å². The van der Waals surface area contributed by atoms with E-state index in [0.29, 0.717) is 0 Å². The molecule has 100 valence electrons. The lowest BCUT2D eigenvalue weighted by molar-refractivity contribution is -0.120. The molecule has 0 saturated heterocycles. The second kappa shape index (κ2) is 6.48. The Kier molecular flexibility index (Phi) is 4.46. The molecule has 0 atom stereocenters. The largest absolute Gasteiger partial charge is 0.483 e. The number of benzene rings is 2. The highest BCUT2D eigenvalue weighted by Gasteiger charge is 2.08. The van der Waals surface area contributed by atoms with Gasteiger partial charge in [-0.15, -0.1) is 0 Å². The number of carbonyl (C=O) groups is 1. The van der Waals surface area contributed by atoms with Gasteiger partial charge in [0.25, 0.3) is 0 Å². The van der Waals surface area contributed by atoms with Crippen LogP contribution in [0.1, 0.15) is 11.1 Å². The van der Waals surface area contributed by atoms with Gasteiger partial charge in [-0.1, -0.05) is 30.3 Å². The Morgan fingerprint density at radius 1 is 1.20 bits per heavy atom. The highest BCUT2D eigenvalue weighted by atomic mass is 19.1. The Morgan fingerprint density at radius 3 is 2.60 bits per heavy atom. The molecule has 0 aliphatic carbocycles. The van der Waals surface area contributed by atoms with Gasteiger partial charge in [0.1, 0.15) is 6.61 Å². The molecule has 0 amide bonds. The van der Waals surface area contributed by atoms with Crippen molar-refractivity contribution in [3.8, 4) is 11.8 Å². The standard InChI is InChI=1S/C16H12FNO2/c17-15-9-13(10-18)6-7-16(15)20-11-14(19)8-12-4-2-1-3-5-12/h1-7,9H,8,11H2. The number of rotatable bonds is 5. The van der Waals surface area contributed by atoms with Crippen molar-refractivity contribution in [2.24, 2.45) is 0 Å². The number of ketones is 1. The van der Waals surface area contributed by atoms with Crippen LogP contribution in [0.5, 0.6) is 5.75 Å². The molecule has 0 fully saturated rings. The summed E-state index contributed by atoms with van der Waals surface area (Å²) in [6.45, 7) is -0.197. The van der Waals surface area contributed by atoms with E-state index in [4.69, 9.17) is 10.00 Å². The fourth-order valence-electron chi connectivity index (χ4n) is 1.72. The first-order valence-electron chi connectivity index (χ1n) is 6.07. The molecule has 0 saturated carbocycles. The van der Waals surface area contributed by atoms with Crippen LogP contribution in [0.3, 0.4) is 0 Å². The van der Waals surface area contributed by atoms with Crippen LogP contribution in [0.15, 0.2) is 48.5 Å². The fraction of sp³-hybridized carbons (Fsp3) is 0.125. The second-order valence-electron chi connectivity index (χ2n) is 4.25. The number of ether oxygens (including phenoxy) is 1. The van der Waals surface area contributed by atoms with Crippen molar-refractivity contribution >= 4 is 5.78 Å². The number of Topliss-reactive ketones (excluding diaryl/α,β-unsaturated/α-hetero) is 1.